The zero-order valence-electron chi connectivity index (χ0n) is 10.1. The van der Waals surface area contributed by atoms with Gasteiger partial charge in [-0.25, -0.2) is 4.39 Å². The first-order valence-corrected chi connectivity index (χ1v) is 5.44. The molecule has 0 heterocycles. The molecule has 0 aromatic heterocycles. The molecule has 1 rings (SSSR count). The van der Waals surface area contributed by atoms with E-state index in [0.717, 1.165) is 19.0 Å². The minimum Gasteiger partial charge on any atom is -0.490 e. The van der Waals surface area contributed by atoms with Gasteiger partial charge < -0.3 is 19.7 Å². The number of ether oxygens (including phenoxy) is 1. The van der Waals surface area contributed by atoms with Gasteiger partial charge >= 0.3 is 7.12 Å². The van der Waals surface area contributed by atoms with E-state index in [2.05, 4.69) is 0 Å². The fourth-order valence-electron chi connectivity index (χ4n) is 1.35. The van der Waals surface area contributed by atoms with Gasteiger partial charge in [0.15, 0.2) is 11.6 Å². The Balaban J connectivity index is 2.54. The lowest BCUT2D eigenvalue weighted by molar-refractivity contribution is 0.271. The summed E-state index contributed by atoms with van der Waals surface area (Å²) >= 11 is 0. The van der Waals surface area contributed by atoms with Gasteiger partial charge in [-0.15, -0.1) is 0 Å². The third kappa shape index (κ3) is 4.72. The molecule has 4 nitrogen and oxygen atoms in total. The highest BCUT2D eigenvalue weighted by molar-refractivity contribution is 6.58. The first kappa shape index (κ1) is 14.0. The quantitative estimate of drug-likeness (QED) is 0.536. The summed E-state index contributed by atoms with van der Waals surface area (Å²) in [6.07, 6.45) is 0.776. The summed E-state index contributed by atoms with van der Waals surface area (Å²) < 4.78 is 18.6. The Morgan fingerprint density at radius 2 is 2.06 bits per heavy atom. The average molecular weight is 241 g/mol. The Morgan fingerprint density at radius 1 is 1.35 bits per heavy atom. The Kier molecular flexibility index (Phi) is 5.41. The van der Waals surface area contributed by atoms with Crippen molar-refractivity contribution in [3.8, 4) is 5.75 Å². The van der Waals surface area contributed by atoms with Gasteiger partial charge in [-0.3, -0.25) is 0 Å². The Morgan fingerprint density at radius 3 is 2.65 bits per heavy atom. The first-order valence-electron chi connectivity index (χ1n) is 5.44. The summed E-state index contributed by atoms with van der Waals surface area (Å²) in [6.45, 7) is 1.24. The van der Waals surface area contributed by atoms with E-state index in [1.54, 1.807) is 0 Å². The molecule has 0 radical (unpaired) electrons. The van der Waals surface area contributed by atoms with Crippen molar-refractivity contribution in [3.63, 3.8) is 0 Å². The topological polar surface area (TPSA) is 52.9 Å². The third-order valence-corrected chi connectivity index (χ3v) is 2.26. The molecule has 0 saturated carbocycles. The fourth-order valence-corrected chi connectivity index (χ4v) is 1.35. The molecule has 0 amide bonds. The molecule has 0 aliphatic heterocycles. The summed E-state index contributed by atoms with van der Waals surface area (Å²) in [6, 6.07) is 3.78. The molecule has 2 N–H and O–H groups in total. The maximum atomic E-state index is 13.3. The SMILES string of the molecule is CN(C)CCCOc1cc(B(O)O)ccc1F. The minimum absolute atomic E-state index is 0.0503. The van der Waals surface area contributed by atoms with Crippen molar-refractivity contribution in [2.24, 2.45) is 0 Å². The van der Waals surface area contributed by atoms with Crippen LogP contribution in [0.5, 0.6) is 5.75 Å². The summed E-state index contributed by atoms with van der Waals surface area (Å²) in [7, 11) is 2.28. The largest absolute Gasteiger partial charge is 0.490 e. The van der Waals surface area contributed by atoms with E-state index in [0.29, 0.717) is 6.61 Å². The lowest BCUT2D eigenvalue weighted by Crippen LogP contribution is -2.29. The maximum Gasteiger partial charge on any atom is 0.488 e. The molecule has 0 aliphatic rings. The van der Waals surface area contributed by atoms with E-state index >= 15 is 0 Å². The van der Waals surface area contributed by atoms with E-state index < -0.39 is 12.9 Å². The van der Waals surface area contributed by atoms with Crippen molar-refractivity contribution in [3.05, 3.63) is 24.0 Å². The molecule has 94 valence electrons. The molecule has 17 heavy (non-hydrogen) atoms. The van der Waals surface area contributed by atoms with Crippen molar-refractivity contribution < 1.29 is 19.2 Å². The molecule has 0 atom stereocenters. The van der Waals surface area contributed by atoms with Crippen LogP contribution in [-0.2, 0) is 0 Å². The summed E-state index contributed by atoms with van der Waals surface area (Å²) in [5.41, 5.74) is 0.217. The van der Waals surface area contributed by atoms with Crippen LogP contribution in [0.2, 0.25) is 0 Å². The molecular weight excluding hydrogens is 224 g/mol. The van der Waals surface area contributed by atoms with Crippen LogP contribution in [0.4, 0.5) is 4.39 Å². The highest BCUT2D eigenvalue weighted by Crippen LogP contribution is 2.14. The molecule has 1 aromatic carbocycles. The van der Waals surface area contributed by atoms with Gasteiger partial charge in [0.2, 0.25) is 0 Å². The van der Waals surface area contributed by atoms with Crippen LogP contribution < -0.4 is 10.2 Å². The van der Waals surface area contributed by atoms with E-state index in [9.17, 15) is 4.39 Å². The zero-order chi connectivity index (χ0) is 12.8. The van der Waals surface area contributed by atoms with Gasteiger partial charge in [0.25, 0.3) is 0 Å². The summed E-state index contributed by atoms with van der Waals surface area (Å²) in [5, 5.41) is 17.9. The van der Waals surface area contributed by atoms with Crippen molar-refractivity contribution >= 4 is 12.6 Å². The normalized spacial score (nSPS) is 10.7. The van der Waals surface area contributed by atoms with Crippen molar-refractivity contribution in [1.82, 2.24) is 4.90 Å². The Bertz CT molecular complexity index is 361. The lowest BCUT2D eigenvalue weighted by atomic mass is 9.80. The minimum atomic E-state index is -1.61. The monoisotopic (exact) mass is 241 g/mol. The summed E-state index contributed by atoms with van der Waals surface area (Å²) in [5.74, 6) is -0.450. The van der Waals surface area contributed by atoms with E-state index in [1.165, 1.54) is 12.1 Å². The molecule has 1 aromatic rings. The molecule has 0 fully saturated rings. The van der Waals surface area contributed by atoms with Gasteiger partial charge in [0.05, 0.1) is 6.61 Å². The number of rotatable bonds is 6. The number of hydrogen-bond donors (Lipinski definition) is 2. The van der Waals surface area contributed by atoms with Crippen LogP contribution in [0.25, 0.3) is 0 Å². The predicted octanol–water partition coefficient (Wildman–Crippen LogP) is -0.164. The Hall–Kier alpha value is -1.11. The second-order valence-electron chi connectivity index (χ2n) is 4.07. The van der Waals surface area contributed by atoms with Gasteiger partial charge in [0.1, 0.15) is 0 Å². The highest BCUT2D eigenvalue weighted by Gasteiger charge is 2.14. The zero-order valence-corrected chi connectivity index (χ0v) is 10.1. The van der Waals surface area contributed by atoms with E-state index in [-0.39, 0.29) is 11.2 Å². The predicted molar refractivity (Wildman–Crippen MR) is 64.9 cm³/mol. The van der Waals surface area contributed by atoms with Crippen molar-refractivity contribution in [2.75, 3.05) is 27.2 Å². The smallest absolute Gasteiger partial charge is 0.488 e. The van der Waals surface area contributed by atoms with Crippen LogP contribution in [0.1, 0.15) is 6.42 Å². The first-order chi connectivity index (χ1) is 8.00. The Labute approximate surface area is 101 Å². The van der Waals surface area contributed by atoms with Gasteiger partial charge in [-0.05, 0) is 38.1 Å². The highest BCUT2D eigenvalue weighted by atomic mass is 19.1. The second kappa shape index (κ2) is 6.59. The summed E-state index contributed by atoms with van der Waals surface area (Å²) in [4.78, 5) is 2.01. The lowest BCUT2D eigenvalue weighted by Gasteiger charge is -2.11. The number of halogens is 1. The molecule has 0 spiro atoms. The molecule has 0 aliphatic carbocycles. The van der Waals surface area contributed by atoms with E-state index in [4.69, 9.17) is 14.8 Å². The third-order valence-electron chi connectivity index (χ3n) is 2.26. The van der Waals surface area contributed by atoms with Crippen LogP contribution >= 0.6 is 0 Å². The number of hydrogen-bond acceptors (Lipinski definition) is 4. The van der Waals surface area contributed by atoms with Crippen molar-refractivity contribution in [1.29, 1.82) is 0 Å². The van der Waals surface area contributed by atoms with Gasteiger partial charge in [-0.1, -0.05) is 6.07 Å². The van der Waals surface area contributed by atoms with Crippen LogP contribution in [0.3, 0.4) is 0 Å². The maximum absolute atomic E-state index is 13.3. The van der Waals surface area contributed by atoms with Crippen LogP contribution in [-0.4, -0.2) is 49.3 Å². The van der Waals surface area contributed by atoms with Crippen LogP contribution in [0.15, 0.2) is 18.2 Å². The number of benzene rings is 1. The van der Waals surface area contributed by atoms with Gasteiger partial charge in [0, 0.05) is 6.54 Å². The molecule has 0 bridgehead atoms. The molecular formula is C11H17BFNO3. The number of nitrogens with zero attached hydrogens (tertiary/aromatic N) is 1. The van der Waals surface area contributed by atoms with Crippen LogP contribution in [0, 0.1) is 5.82 Å². The van der Waals surface area contributed by atoms with E-state index in [1.807, 2.05) is 19.0 Å². The van der Waals surface area contributed by atoms with Gasteiger partial charge in [-0.2, -0.15) is 0 Å². The molecule has 6 heteroatoms. The fraction of sp³-hybridized carbons (Fsp3) is 0.455. The second-order valence-corrected chi connectivity index (χ2v) is 4.07. The molecule has 0 unspecified atom stereocenters. The van der Waals surface area contributed by atoms with Crippen molar-refractivity contribution in [2.45, 2.75) is 6.42 Å². The standard InChI is InChI=1S/C11H17BFNO3/c1-14(2)6-3-7-17-11-8-9(12(15)16)4-5-10(11)13/h4-5,8,15-16H,3,6-7H2,1-2H3. The average Bonchev–Trinajstić information content (AvgIpc) is 2.25. The molecule has 0 saturated heterocycles.